The molecule has 12 nitrogen and oxygen atoms in total. The number of carboxylic acids is 4. The third kappa shape index (κ3) is 18.7. The Morgan fingerprint density at radius 3 is 1.17 bits per heavy atom. The van der Waals surface area contributed by atoms with E-state index in [0.717, 1.165) is 9.80 Å². The second kappa shape index (κ2) is 15.6. The van der Waals surface area contributed by atoms with Crippen molar-refractivity contribution in [1.29, 1.82) is 0 Å². The van der Waals surface area contributed by atoms with Crippen LogP contribution in [0.5, 0.6) is 0 Å². The Kier molecular flexibility index (Phi) is 20.2. The molecule has 0 aromatic heterocycles. The van der Waals surface area contributed by atoms with Crippen LogP contribution < -0.4 is 34.7 Å². The Balaban J connectivity index is -0.000000602. The standard InChI is InChI=1S/C10H16N2O8.Na.2H2O/c13-7(14)3-11(4-8(15)16)1-2-12(5-9(17)18)6-10(19)20;;;/h1-6H2,(H,13,14)(H,15,16)(H,17,18)(H,19,20);;2*1H2/q;+1;;/p-1. The van der Waals surface area contributed by atoms with E-state index in [9.17, 15) is 24.3 Å². The number of rotatable bonds is 11. The van der Waals surface area contributed by atoms with Gasteiger partial charge < -0.3 is 36.2 Å². The normalized spacial score (nSPS) is 9.30. The van der Waals surface area contributed by atoms with Gasteiger partial charge in [0, 0.05) is 19.6 Å². The van der Waals surface area contributed by atoms with Crippen LogP contribution in [0.4, 0.5) is 0 Å². The fraction of sp³-hybridized carbons (Fsp3) is 0.600. The van der Waals surface area contributed by atoms with Crippen molar-refractivity contribution in [2.45, 2.75) is 0 Å². The molecule has 0 aliphatic carbocycles. The summed E-state index contributed by atoms with van der Waals surface area (Å²) in [5, 5.41) is 36.3. The Morgan fingerprint density at radius 1 is 0.696 bits per heavy atom. The van der Waals surface area contributed by atoms with Gasteiger partial charge in [-0.3, -0.25) is 24.2 Å². The summed E-state index contributed by atoms with van der Waals surface area (Å²) >= 11 is 0. The Hall–Kier alpha value is -1.28. The fourth-order valence-corrected chi connectivity index (χ4v) is 1.47. The predicted octanol–water partition coefficient (Wildman–Crippen LogP) is -8.05. The molecule has 0 rings (SSSR count). The largest absolute Gasteiger partial charge is 1.00 e. The van der Waals surface area contributed by atoms with Gasteiger partial charge in [0.1, 0.15) is 0 Å². The number of aliphatic carboxylic acids is 4. The molecule has 130 valence electrons. The van der Waals surface area contributed by atoms with Gasteiger partial charge in [0.25, 0.3) is 0 Å². The van der Waals surface area contributed by atoms with Gasteiger partial charge >= 0.3 is 47.5 Å². The molecule has 0 atom stereocenters. The summed E-state index contributed by atoms with van der Waals surface area (Å²) in [5.41, 5.74) is 0. The topological polar surface area (TPSA) is 222 Å². The first kappa shape index (κ1) is 29.7. The van der Waals surface area contributed by atoms with Crippen LogP contribution >= 0.6 is 0 Å². The monoisotopic (exact) mass is 350 g/mol. The molecule has 0 saturated carbocycles. The molecule has 0 aromatic carbocycles. The van der Waals surface area contributed by atoms with Gasteiger partial charge in [0.2, 0.25) is 0 Å². The van der Waals surface area contributed by atoms with Crippen LogP contribution in [0.2, 0.25) is 0 Å². The average molecular weight is 350 g/mol. The summed E-state index contributed by atoms with van der Waals surface area (Å²) in [7, 11) is 0. The molecule has 0 fully saturated rings. The number of carbonyl (C=O) groups is 4. The first-order valence-corrected chi connectivity index (χ1v) is 5.50. The van der Waals surface area contributed by atoms with Crippen molar-refractivity contribution in [2.75, 3.05) is 39.3 Å². The average Bonchev–Trinajstić information content (AvgIpc) is 2.22. The smallest absolute Gasteiger partial charge is 0.549 e. The van der Waals surface area contributed by atoms with Gasteiger partial charge in [-0.15, -0.1) is 0 Å². The van der Waals surface area contributed by atoms with Crippen LogP contribution in [0.25, 0.3) is 0 Å². The molecular formula is C10H19N2NaO10. The molecule has 0 radical (unpaired) electrons. The second-order valence-corrected chi connectivity index (χ2v) is 3.97. The van der Waals surface area contributed by atoms with Crippen LogP contribution in [-0.2, 0) is 19.2 Å². The first-order chi connectivity index (χ1) is 9.20. The first-order valence-electron chi connectivity index (χ1n) is 5.50. The molecule has 0 unspecified atom stereocenters. The SMILES string of the molecule is O.O.O=C([O-])CN(CCN(CC(=O)O)CC(=O)O)CC(=O)O.[Na+]. The summed E-state index contributed by atoms with van der Waals surface area (Å²) in [6, 6.07) is 0. The molecule has 0 spiro atoms. The fourth-order valence-electron chi connectivity index (χ4n) is 1.47. The quantitative estimate of drug-likeness (QED) is 0.298. The predicted molar refractivity (Wildman–Crippen MR) is 68.0 cm³/mol. The maximum Gasteiger partial charge on any atom is 1.00 e. The van der Waals surface area contributed by atoms with Gasteiger partial charge in [-0.2, -0.15) is 0 Å². The molecule has 7 N–H and O–H groups in total. The van der Waals surface area contributed by atoms with Gasteiger partial charge in [-0.25, -0.2) is 0 Å². The van der Waals surface area contributed by atoms with Gasteiger partial charge in [-0.05, 0) is 0 Å². The Labute approximate surface area is 153 Å². The third-order valence-electron chi connectivity index (χ3n) is 2.16. The van der Waals surface area contributed by atoms with Crippen molar-refractivity contribution in [3.63, 3.8) is 0 Å². The summed E-state index contributed by atoms with van der Waals surface area (Å²) in [4.78, 5) is 44.1. The molecule has 13 heteroatoms. The number of hydrogen-bond acceptors (Lipinski definition) is 7. The van der Waals surface area contributed by atoms with E-state index in [1.165, 1.54) is 0 Å². The molecule has 0 aliphatic heterocycles. The van der Waals surface area contributed by atoms with Crippen LogP contribution in [-0.4, -0.2) is 99.2 Å². The third-order valence-corrected chi connectivity index (χ3v) is 2.16. The minimum Gasteiger partial charge on any atom is -0.549 e. The minimum atomic E-state index is -1.48. The van der Waals surface area contributed by atoms with Crippen LogP contribution in [0.3, 0.4) is 0 Å². The zero-order valence-corrected chi connectivity index (χ0v) is 14.5. The van der Waals surface area contributed by atoms with E-state index in [2.05, 4.69) is 0 Å². The van der Waals surface area contributed by atoms with E-state index >= 15 is 0 Å². The summed E-state index contributed by atoms with van der Waals surface area (Å²) in [5.74, 6) is -5.21. The Bertz CT molecular complexity index is 324. The van der Waals surface area contributed by atoms with Crippen LogP contribution in [0.15, 0.2) is 0 Å². The molecule has 0 heterocycles. The maximum absolute atomic E-state index is 10.5. The molecule has 0 saturated heterocycles. The molecule has 0 amide bonds. The summed E-state index contributed by atoms with van der Waals surface area (Å²) in [6.45, 7) is -2.50. The molecular weight excluding hydrogens is 331 g/mol. The van der Waals surface area contributed by atoms with Gasteiger partial charge in [0.05, 0.1) is 25.6 Å². The van der Waals surface area contributed by atoms with E-state index < -0.39 is 50.1 Å². The maximum atomic E-state index is 10.5. The van der Waals surface area contributed by atoms with Crippen molar-refractivity contribution in [2.24, 2.45) is 0 Å². The van der Waals surface area contributed by atoms with Crippen molar-refractivity contribution >= 4 is 23.9 Å². The van der Waals surface area contributed by atoms with Crippen molar-refractivity contribution in [1.82, 2.24) is 9.80 Å². The van der Waals surface area contributed by atoms with Crippen molar-refractivity contribution in [3.05, 3.63) is 0 Å². The summed E-state index contributed by atoms with van der Waals surface area (Å²) < 4.78 is 0. The van der Waals surface area contributed by atoms with Gasteiger partial charge in [0.15, 0.2) is 0 Å². The summed E-state index contributed by atoms with van der Waals surface area (Å²) in [6.07, 6.45) is 0. The zero-order chi connectivity index (χ0) is 15.7. The molecule has 0 aromatic rings. The number of carbonyl (C=O) groups excluding carboxylic acids is 1. The van der Waals surface area contributed by atoms with Crippen molar-refractivity contribution < 1.29 is 80.1 Å². The number of carboxylic acid groups (broad SMARTS) is 4. The van der Waals surface area contributed by atoms with E-state index in [1.54, 1.807) is 0 Å². The molecule has 0 bridgehead atoms. The van der Waals surface area contributed by atoms with E-state index in [-0.39, 0.29) is 53.6 Å². The zero-order valence-electron chi connectivity index (χ0n) is 12.5. The van der Waals surface area contributed by atoms with Crippen LogP contribution in [0.1, 0.15) is 0 Å². The molecule has 0 aliphatic rings. The number of nitrogens with zero attached hydrogens (tertiary/aromatic N) is 2. The minimum absolute atomic E-state index is 0. The number of hydrogen-bond donors (Lipinski definition) is 3. The van der Waals surface area contributed by atoms with Gasteiger partial charge in [-0.1, -0.05) is 0 Å². The van der Waals surface area contributed by atoms with Crippen LogP contribution in [0, 0.1) is 0 Å². The van der Waals surface area contributed by atoms with Crippen molar-refractivity contribution in [3.8, 4) is 0 Å². The van der Waals surface area contributed by atoms with E-state index in [4.69, 9.17) is 15.3 Å². The Morgan fingerprint density at radius 2 is 0.957 bits per heavy atom. The molecule has 23 heavy (non-hydrogen) atoms. The van der Waals surface area contributed by atoms with E-state index in [1.807, 2.05) is 0 Å². The van der Waals surface area contributed by atoms with E-state index in [0.29, 0.717) is 0 Å². The second-order valence-electron chi connectivity index (χ2n) is 3.97.